The number of nitriles is 2. The summed E-state index contributed by atoms with van der Waals surface area (Å²) in [4.78, 5) is 3.88. The number of aromatic nitrogens is 2. The first-order chi connectivity index (χ1) is 13.0. The zero-order valence-electron chi connectivity index (χ0n) is 14.4. The minimum absolute atomic E-state index is 0.0733. The van der Waals surface area contributed by atoms with Crippen molar-refractivity contribution in [2.45, 2.75) is 20.0 Å². The molecule has 0 saturated heterocycles. The molecule has 144 valence electrons. The smallest absolute Gasteiger partial charge is 0.388 e. The number of rotatable bonds is 3. The molecule has 0 saturated carbocycles. The van der Waals surface area contributed by atoms with Gasteiger partial charge in [-0.2, -0.15) is 28.8 Å². The van der Waals surface area contributed by atoms with E-state index in [4.69, 9.17) is 39.5 Å². The van der Waals surface area contributed by atoms with Gasteiger partial charge in [0.05, 0.1) is 27.0 Å². The summed E-state index contributed by atoms with van der Waals surface area (Å²) in [6.45, 7) is 3.25. The Morgan fingerprint density at radius 2 is 1.79 bits per heavy atom. The van der Waals surface area contributed by atoms with Crippen LogP contribution in [0.25, 0.3) is 5.69 Å². The summed E-state index contributed by atoms with van der Waals surface area (Å²) < 4.78 is 40.0. The number of nitrogens with zero attached hydrogens (tertiary/aromatic N) is 5. The van der Waals surface area contributed by atoms with Crippen LogP contribution in [0.5, 0.6) is 0 Å². The Labute approximate surface area is 167 Å². The van der Waals surface area contributed by atoms with Crippen molar-refractivity contribution in [3.63, 3.8) is 0 Å². The normalized spacial score (nSPS) is 12.6. The van der Waals surface area contributed by atoms with Gasteiger partial charge in [-0.3, -0.25) is 0 Å². The van der Waals surface area contributed by atoms with Crippen molar-refractivity contribution in [1.82, 2.24) is 9.78 Å². The fourth-order valence-electron chi connectivity index (χ4n) is 2.33. The van der Waals surface area contributed by atoms with Gasteiger partial charge in [-0.05, 0) is 26.0 Å². The largest absolute Gasteiger partial charge is 0.416 e. The van der Waals surface area contributed by atoms with Gasteiger partial charge >= 0.3 is 6.18 Å². The first-order valence-corrected chi connectivity index (χ1v) is 8.23. The average Bonchev–Trinajstić information content (AvgIpc) is 2.88. The van der Waals surface area contributed by atoms with Gasteiger partial charge in [-0.1, -0.05) is 23.2 Å². The van der Waals surface area contributed by atoms with Crippen molar-refractivity contribution in [2.75, 3.05) is 0 Å². The topological polar surface area (TPSA) is 104 Å². The molecule has 2 N–H and O–H groups in total. The highest BCUT2D eigenvalue weighted by molar-refractivity contribution is 6.37. The molecule has 0 aliphatic rings. The lowest BCUT2D eigenvalue weighted by Gasteiger charge is -2.13. The van der Waals surface area contributed by atoms with Gasteiger partial charge in [0.2, 0.25) is 0 Å². The lowest BCUT2D eigenvalue weighted by atomic mass is 10.2. The molecule has 0 radical (unpaired) electrons. The molecule has 0 amide bonds. The van der Waals surface area contributed by atoms with Crippen molar-refractivity contribution in [1.29, 1.82) is 10.5 Å². The molecule has 0 fully saturated rings. The lowest BCUT2D eigenvalue weighted by molar-refractivity contribution is -0.137. The number of benzene rings is 1. The quantitative estimate of drug-likeness (QED) is 0.577. The van der Waals surface area contributed by atoms with E-state index < -0.39 is 11.7 Å². The molecule has 0 aliphatic heterocycles. The Balaban J connectivity index is 2.60. The van der Waals surface area contributed by atoms with Crippen LogP contribution < -0.4 is 5.73 Å². The Hall–Kier alpha value is -3.01. The van der Waals surface area contributed by atoms with Crippen LogP contribution in [-0.4, -0.2) is 16.0 Å². The van der Waals surface area contributed by atoms with E-state index >= 15 is 0 Å². The molecular formula is C17H11Cl2F3N6. The molecular weight excluding hydrogens is 416 g/mol. The molecule has 1 heterocycles. The Morgan fingerprint density at radius 1 is 1.21 bits per heavy atom. The zero-order chi connectivity index (χ0) is 21.2. The summed E-state index contributed by atoms with van der Waals surface area (Å²) in [5.74, 6) is 0. The molecule has 1 aromatic heterocycles. The maximum absolute atomic E-state index is 12.9. The van der Waals surface area contributed by atoms with E-state index in [0.717, 1.165) is 12.1 Å². The number of hydrogen-bond acceptors (Lipinski definition) is 5. The Morgan fingerprint density at radius 3 is 2.25 bits per heavy atom. The van der Waals surface area contributed by atoms with E-state index in [1.54, 1.807) is 26.0 Å². The van der Waals surface area contributed by atoms with Gasteiger partial charge < -0.3 is 5.73 Å². The van der Waals surface area contributed by atoms with E-state index in [-0.39, 0.29) is 27.1 Å². The number of aliphatic imine (C=N–C) groups is 1. The highest BCUT2D eigenvalue weighted by Gasteiger charge is 2.32. The lowest BCUT2D eigenvalue weighted by Crippen LogP contribution is -2.08. The SMILES string of the molecule is Cc1nn(-c2c(Cl)cc(C(F)(F)F)cc2Cl)c(C)c1/C=N/C(C#N)=C(\N)C#N. The molecule has 0 unspecified atom stereocenters. The maximum Gasteiger partial charge on any atom is 0.416 e. The van der Waals surface area contributed by atoms with Gasteiger partial charge in [0.25, 0.3) is 0 Å². The molecule has 11 heteroatoms. The van der Waals surface area contributed by atoms with Crippen molar-refractivity contribution in [2.24, 2.45) is 10.7 Å². The molecule has 2 aromatic rings. The number of nitrogens with two attached hydrogens (primary N) is 1. The molecule has 28 heavy (non-hydrogen) atoms. The first-order valence-electron chi connectivity index (χ1n) is 7.48. The second-order valence-corrected chi connectivity index (χ2v) is 6.34. The van der Waals surface area contributed by atoms with Crippen LogP contribution in [0.3, 0.4) is 0 Å². The van der Waals surface area contributed by atoms with Crippen molar-refractivity contribution in [3.05, 3.63) is 56.1 Å². The minimum Gasteiger partial charge on any atom is -0.388 e. The van der Waals surface area contributed by atoms with Crippen LogP contribution in [0.1, 0.15) is 22.5 Å². The maximum atomic E-state index is 12.9. The second kappa shape index (κ2) is 7.93. The number of aryl methyl sites for hydroxylation is 1. The molecule has 6 nitrogen and oxygen atoms in total. The summed E-state index contributed by atoms with van der Waals surface area (Å²) >= 11 is 12.1. The third kappa shape index (κ3) is 4.11. The predicted octanol–water partition coefficient (Wildman–Crippen LogP) is 4.45. The molecule has 0 atom stereocenters. The van der Waals surface area contributed by atoms with Crippen molar-refractivity contribution < 1.29 is 13.2 Å². The molecule has 0 bridgehead atoms. The third-order valence-electron chi connectivity index (χ3n) is 3.71. The van der Waals surface area contributed by atoms with Crippen LogP contribution in [0.4, 0.5) is 13.2 Å². The fraction of sp³-hybridized carbons (Fsp3) is 0.176. The van der Waals surface area contributed by atoms with Crippen molar-refractivity contribution >= 4 is 29.4 Å². The van der Waals surface area contributed by atoms with Crippen molar-refractivity contribution in [3.8, 4) is 17.8 Å². The van der Waals surface area contributed by atoms with Crippen LogP contribution >= 0.6 is 23.2 Å². The summed E-state index contributed by atoms with van der Waals surface area (Å²) in [7, 11) is 0. The van der Waals surface area contributed by atoms with Crippen LogP contribution in [0.2, 0.25) is 10.0 Å². The van der Waals surface area contributed by atoms with E-state index in [1.807, 2.05) is 0 Å². The number of hydrogen-bond donors (Lipinski definition) is 1. The van der Waals surface area contributed by atoms with Gasteiger partial charge in [0.1, 0.15) is 23.5 Å². The fourth-order valence-corrected chi connectivity index (χ4v) is 2.98. The first kappa shape index (κ1) is 21.3. The van der Waals surface area contributed by atoms with Gasteiger partial charge in [0, 0.05) is 11.8 Å². The predicted molar refractivity (Wildman–Crippen MR) is 98.1 cm³/mol. The number of alkyl halides is 3. The standard InChI is InChI=1S/C17H11Cl2F3N6/c1-8-11(7-26-15(6-24)14(25)5-23)9(2)28(27-8)16-12(18)3-10(4-13(16)19)17(20,21)22/h3-4,7H,25H2,1-2H3/b15-14-,26-7+. The zero-order valence-corrected chi connectivity index (χ0v) is 15.9. The Kier molecular flexibility index (Phi) is 6.03. The highest BCUT2D eigenvalue weighted by Crippen LogP contribution is 2.38. The number of allylic oxidation sites excluding steroid dienone is 2. The average molecular weight is 427 g/mol. The summed E-state index contributed by atoms with van der Waals surface area (Å²) in [6.07, 6.45) is -3.32. The summed E-state index contributed by atoms with van der Waals surface area (Å²) in [5, 5.41) is 21.5. The minimum atomic E-state index is -4.60. The van der Waals surface area contributed by atoms with Gasteiger partial charge in [0.15, 0.2) is 5.70 Å². The van der Waals surface area contributed by atoms with E-state index in [1.165, 1.54) is 10.9 Å². The van der Waals surface area contributed by atoms with E-state index in [0.29, 0.717) is 17.0 Å². The number of halogens is 5. The van der Waals surface area contributed by atoms with Crippen LogP contribution in [-0.2, 0) is 6.18 Å². The third-order valence-corrected chi connectivity index (χ3v) is 4.28. The molecule has 0 spiro atoms. The summed E-state index contributed by atoms with van der Waals surface area (Å²) in [6, 6.07) is 4.84. The summed E-state index contributed by atoms with van der Waals surface area (Å²) in [5.41, 5.74) is 5.22. The van der Waals surface area contributed by atoms with E-state index in [2.05, 4.69) is 10.1 Å². The van der Waals surface area contributed by atoms with Crippen LogP contribution in [0.15, 0.2) is 28.5 Å². The second-order valence-electron chi connectivity index (χ2n) is 5.53. The molecule has 2 rings (SSSR count). The van der Waals surface area contributed by atoms with Crippen LogP contribution in [0, 0.1) is 36.5 Å². The monoisotopic (exact) mass is 426 g/mol. The van der Waals surface area contributed by atoms with Gasteiger partial charge in [-0.15, -0.1) is 0 Å². The Bertz CT molecular complexity index is 1060. The molecule has 1 aromatic carbocycles. The van der Waals surface area contributed by atoms with Gasteiger partial charge in [-0.25, -0.2) is 9.67 Å². The highest BCUT2D eigenvalue weighted by atomic mass is 35.5. The molecule has 0 aliphatic carbocycles. The van der Waals surface area contributed by atoms with E-state index in [9.17, 15) is 13.2 Å².